The van der Waals surface area contributed by atoms with Crippen LogP contribution >= 0.6 is 0 Å². The Bertz CT molecular complexity index is 704. The molecule has 0 radical (unpaired) electrons. The van der Waals surface area contributed by atoms with Crippen LogP contribution in [0.4, 0.5) is 0 Å². The number of hydrogen-bond acceptors (Lipinski definition) is 3. The van der Waals surface area contributed by atoms with Gasteiger partial charge in [0.2, 0.25) is 0 Å². The number of para-hydroxylation sites is 1. The zero-order valence-corrected chi connectivity index (χ0v) is 11.8. The van der Waals surface area contributed by atoms with Crippen molar-refractivity contribution in [1.82, 2.24) is 10.3 Å². The van der Waals surface area contributed by atoms with Crippen LogP contribution < -0.4 is 5.32 Å². The van der Waals surface area contributed by atoms with Crippen LogP contribution in [0.15, 0.2) is 53.1 Å². The van der Waals surface area contributed by atoms with Crippen LogP contribution in [0.2, 0.25) is 0 Å². The molecule has 2 heterocycles. The topological polar surface area (TPSA) is 38.1 Å². The average molecular weight is 266 g/mol. The van der Waals surface area contributed by atoms with Crippen LogP contribution in [-0.4, -0.2) is 12.0 Å². The van der Waals surface area contributed by atoms with Crippen molar-refractivity contribution in [2.75, 3.05) is 7.05 Å². The van der Waals surface area contributed by atoms with E-state index in [4.69, 9.17) is 9.40 Å². The van der Waals surface area contributed by atoms with Gasteiger partial charge in [0.05, 0.1) is 23.5 Å². The fourth-order valence-electron chi connectivity index (χ4n) is 2.54. The SMILES string of the molecule is CNC(Cc1ccco1)c1cc(C)c2ccccc2n1. The maximum atomic E-state index is 5.44. The number of pyridine rings is 1. The van der Waals surface area contributed by atoms with Gasteiger partial charge < -0.3 is 9.73 Å². The summed E-state index contributed by atoms with van der Waals surface area (Å²) in [6.07, 6.45) is 2.51. The number of rotatable bonds is 4. The molecular weight excluding hydrogens is 248 g/mol. The molecule has 0 aliphatic carbocycles. The van der Waals surface area contributed by atoms with Gasteiger partial charge in [-0.1, -0.05) is 18.2 Å². The smallest absolute Gasteiger partial charge is 0.105 e. The van der Waals surface area contributed by atoms with Crippen LogP contribution in [0.3, 0.4) is 0 Å². The second kappa shape index (κ2) is 5.47. The Morgan fingerprint density at radius 2 is 2.05 bits per heavy atom. The molecule has 20 heavy (non-hydrogen) atoms. The number of nitrogens with zero attached hydrogens (tertiary/aromatic N) is 1. The van der Waals surface area contributed by atoms with Crippen LogP contribution in [-0.2, 0) is 6.42 Å². The lowest BCUT2D eigenvalue weighted by Crippen LogP contribution is -2.20. The Balaban J connectivity index is 1.99. The molecule has 3 rings (SSSR count). The molecule has 1 atom stereocenters. The van der Waals surface area contributed by atoms with E-state index in [-0.39, 0.29) is 6.04 Å². The third-order valence-electron chi connectivity index (χ3n) is 3.63. The van der Waals surface area contributed by atoms with Gasteiger partial charge in [-0.3, -0.25) is 4.98 Å². The largest absolute Gasteiger partial charge is 0.469 e. The first-order valence-corrected chi connectivity index (χ1v) is 6.84. The van der Waals surface area contributed by atoms with Gasteiger partial charge in [0.15, 0.2) is 0 Å². The Morgan fingerprint density at radius 1 is 1.20 bits per heavy atom. The molecular formula is C17H18N2O. The standard InChI is InChI=1S/C17H18N2O/c1-12-10-17(19-15-8-4-3-7-14(12)15)16(18-2)11-13-6-5-9-20-13/h3-10,16,18H,11H2,1-2H3. The van der Waals surface area contributed by atoms with Crippen molar-refractivity contribution in [1.29, 1.82) is 0 Å². The zero-order chi connectivity index (χ0) is 13.9. The monoisotopic (exact) mass is 266 g/mol. The molecule has 0 saturated carbocycles. The summed E-state index contributed by atoms with van der Waals surface area (Å²) < 4.78 is 5.44. The molecule has 1 aromatic carbocycles. The van der Waals surface area contributed by atoms with Gasteiger partial charge in [-0.15, -0.1) is 0 Å². The van der Waals surface area contributed by atoms with Crippen molar-refractivity contribution in [3.8, 4) is 0 Å². The third kappa shape index (κ3) is 2.45. The van der Waals surface area contributed by atoms with Gasteiger partial charge in [-0.2, -0.15) is 0 Å². The molecule has 2 aromatic heterocycles. The molecule has 3 heteroatoms. The molecule has 3 aromatic rings. The average Bonchev–Trinajstić information content (AvgIpc) is 2.97. The van der Waals surface area contributed by atoms with Crippen molar-refractivity contribution in [2.45, 2.75) is 19.4 Å². The number of fused-ring (bicyclic) bond motifs is 1. The van der Waals surface area contributed by atoms with Crippen molar-refractivity contribution in [3.63, 3.8) is 0 Å². The van der Waals surface area contributed by atoms with E-state index in [1.54, 1.807) is 6.26 Å². The first kappa shape index (κ1) is 12.9. The maximum absolute atomic E-state index is 5.44. The number of aromatic nitrogens is 1. The quantitative estimate of drug-likeness (QED) is 0.783. The summed E-state index contributed by atoms with van der Waals surface area (Å²) in [7, 11) is 1.96. The number of nitrogens with one attached hydrogen (secondary N) is 1. The van der Waals surface area contributed by atoms with Crippen LogP contribution in [0.1, 0.15) is 23.1 Å². The minimum atomic E-state index is 0.157. The number of likely N-dealkylation sites (N-methyl/N-ethyl adjacent to an activating group) is 1. The first-order valence-electron chi connectivity index (χ1n) is 6.84. The van der Waals surface area contributed by atoms with Gasteiger partial charge in [0.25, 0.3) is 0 Å². The van der Waals surface area contributed by atoms with E-state index in [9.17, 15) is 0 Å². The molecule has 102 valence electrons. The first-order chi connectivity index (χ1) is 9.78. The molecule has 0 amide bonds. The van der Waals surface area contributed by atoms with E-state index in [0.717, 1.165) is 23.4 Å². The summed E-state index contributed by atoms with van der Waals surface area (Å²) in [6, 6.07) is 14.5. The molecule has 0 saturated heterocycles. The van der Waals surface area contributed by atoms with E-state index in [1.165, 1.54) is 10.9 Å². The van der Waals surface area contributed by atoms with Crippen LogP contribution in [0.25, 0.3) is 10.9 Å². The highest BCUT2D eigenvalue weighted by Gasteiger charge is 2.14. The van der Waals surface area contributed by atoms with E-state index in [2.05, 4.69) is 36.5 Å². The summed E-state index contributed by atoms with van der Waals surface area (Å²) in [5, 5.41) is 4.54. The lowest BCUT2D eigenvalue weighted by molar-refractivity contribution is 0.462. The highest BCUT2D eigenvalue weighted by atomic mass is 16.3. The van der Waals surface area contributed by atoms with E-state index in [1.807, 2.05) is 25.2 Å². The van der Waals surface area contributed by atoms with E-state index < -0.39 is 0 Å². The second-order valence-electron chi connectivity index (χ2n) is 5.01. The van der Waals surface area contributed by atoms with Gasteiger partial charge in [-0.05, 0) is 43.8 Å². The van der Waals surface area contributed by atoms with Crippen molar-refractivity contribution < 1.29 is 4.42 Å². The van der Waals surface area contributed by atoms with Gasteiger partial charge in [0.1, 0.15) is 5.76 Å². The third-order valence-corrected chi connectivity index (χ3v) is 3.63. The normalized spacial score (nSPS) is 12.7. The summed E-state index contributed by atoms with van der Waals surface area (Å²) in [5.41, 5.74) is 3.35. The minimum Gasteiger partial charge on any atom is -0.469 e. The maximum Gasteiger partial charge on any atom is 0.105 e. The fourth-order valence-corrected chi connectivity index (χ4v) is 2.54. The van der Waals surface area contributed by atoms with E-state index in [0.29, 0.717) is 0 Å². The highest BCUT2D eigenvalue weighted by molar-refractivity contribution is 5.82. The van der Waals surface area contributed by atoms with E-state index >= 15 is 0 Å². The summed E-state index contributed by atoms with van der Waals surface area (Å²) in [5.74, 6) is 0.969. The van der Waals surface area contributed by atoms with Crippen molar-refractivity contribution >= 4 is 10.9 Å². The molecule has 0 fully saturated rings. The zero-order valence-electron chi connectivity index (χ0n) is 11.8. The number of hydrogen-bond donors (Lipinski definition) is 1. The fraction of sp³-hybridized carbons (Fsp3) is 0.235. The molecule has 1 unspecified atom stereocenters. The Hall–Kier alpha value is -2.13. The second-order valence-corrected chi connectivity index (χ2v) is 5.01. The molecule has 0 spiro atoms. The van der Waals surface area contributed by atoms with Crippen molar-refractivity contribution in [3.05, 3.63) is 65.7 Å². The van der Waals surface area contributed by atoms with Crippen molar-refractivity contribution in [2.24, 2.45) is 0 Å². The van der Waals surface area contributed by atoms with Crippen LogP contribution in [0, 0.1) is 6.92 Å². The summed E-state index contributed by atoms with van der Waals surface area (Å²) in [6.45, 7) is 2.13. The molecule has 0 aliphatic heterocycles. The molecule has 0 aliphatic rings. The molecule has 1 N–H and O–H groups in total. The molecule has 0 bridgehead atoms. The lowest BCUT2D eigenvalue weighted by atomic mass is 10.0. The Morgan fingerprint density at radius 3 is 2.80 bits per heavy atom. The predicted octanol–water partition coefficient (Wildman–Crippen LogP) is 3.64. The number of furan rings is 1. The Kier molecular flexibility index (Phi) is 3.52. The summed E-state index contributed by atoms with van der Waals surface area (Å²) >= 11 is 0. The van der Waals surface area contributed by atoms with Gasteiger partial charge >= 0.3 is 0 Å². The number of benzene rings is 1. The number of aryl methyl sites for hydroxylation is 1. The van der Waals surface area contributed by atoms with Gasteiger partial charge in [0, 0.05) is 11.8 Å². The van der Waals surface area contributed by atoms with Gasteiger partial charge in [-0.25, -0.2) is 0 Å². The highest BCUT2D eigenvalue weighted by Crippen LogP contribution is 2.23. The lowest BCUT2D eigenvalue weighted by Gasteiger charge is -2.16. The molecule has 3 nitrogen and oxygen atoms in total. The minimum absolute atomic E-state index is 0.157. The Labute approximate surface area is 118 Å². The van der Waals surface area contributed by atoms with Crippen LogP contribution in [0.5, 0.6) is 0 Å². The predicted molar refractivity (Wildman–Crippen MR) is 80.7 cm³/mol. The summed E-state index contributed by atoms with van der Waals surface area (Å²) in [4.78, 5) is 4.78.